The van der Waals surface area contributed by atoms with Gasteiger partial charge in [-0.1, -0.05) is 24.3 Å². The minimum atomic E-state index is -4.42. The van der Waals surface area contributed by atoms with Crippen LogP contribution >= 0.6 is 0 Å². The third-order valence-corrected chi connectivity index (χ3v) is 5.17. The molecule has 1 N–H and O–H groups in total. The highest BCUT2D eigenvalue weighted by molar-refractivity contribution is 5.76. The SMILES string of the molecule is OC1(c2cccc(C(F)(F)F)c2)CCN(Cc2cccc3nonc23)CC1. The van der Waals surface area contributed by atoms with Gasteiger partial charge in [-0.05, 0) is 52.5 Å². The average Bonchev–Trinajstić information content (AvgIpc) is 3.13. The number of benzene rings is 2. The molecule has 0 bridgehead atoms. The van der Waals surface area contributed by atoms with Gasteiger partial charge in [0.1, 0.15) is 11.0 Å². The Morgan fingerprint density at radius 2 is 1.81 bits per heavy atom. The van der Waals surface area contributed by atoms with Gasteiger partial charge in [-0.25, -0.2) is 4.63 Å². The van der Waals surface area contributed by atoms with Crippen LogP contribution in [0.1, 0.15) is 29.5 Å². The van der Waals surface area contributed by atoms with Crippen LogP contribution in [0.15, 0.2) is 47.1 Å². The summed E-state index contributed by atoms with van der Waals surface area (Å²) in [6.45, 7) is 1.74. The Hall–Kier alpha value is -2.45. The molecule has 1 aromatic heterocycles. The average molecular weight is 377 g/mol. The second-order valence-corrected chi connectivity index (χ2v) is 6.94. The molecule has 0 aliphatic carbocycles. The Kier molecular flexibility index (Phi) is 4.39. The van der Waals surface area contributed by atoms with Crippen LogP contribution in [0.5, 0.6) is 0 Å². The monoisotopic (exact) mass is 377 g/mol. The van der Waals surface area contributed by atoms with Gasteiger partial charge in [-0.15, -0.1) is 0 Å². The number of halogens is 3. The molecule has 8 heteroatoms. The second kappa shape index (κ2) is 6.61. The van der Waals surface area contributed by atoms with Gasteiger partial charge in [-0.3, -0.25) is 4.90 Å². The molecule has 142 valence electrons. The first-order chi connectivity index (χ1) is 12.9. The zero-order valence-electron chi connectivity index (χ0n) is 14.4. The lowest BCUT2D eigenvalue weighted by Gasteiger charge is -2.38. The standard InChI is InChI=1S/C19H18F3N3O2/c20-19(21,22)15-5-2-4-14(11-15)18(26)7-9-25(10-8-18)12-13-3-1-6-16-17(13)24-27-23-16/h1-6,11,26H,7-10,12H2. The lowest BCUT2D eigenvalue weighted by molar-refractivity contribution is -0.137. The van der Waals surface area contributed by atoms with E-state index in [0.717, 1.165) is 17.7 Å². The number of aromatic nitrogens is 2. The molecule has 1 saturated heterocycles. The molecule has 0 amide bonds. The fraction of sp³-hybridized carbons (Fsp3) is 0.368. The first kappa shape index (κ1) is 17.9. The molecule has 0 unspecified atom stereocenters. The molecule has 2 heterocycles. The molecule has 3 aromatic rings. The van der Waals surface area contributed by atoms with Crippen molar-refractivity contribution in [3.05, 3.63) is 59.2 Å². The van der Waals surface area contributed by atoms with Crippen LogP contribution in [-0.2, 0) is 18.3 Å². The molecule has 1 fully saturated rings. The number of nitrogens with zero attached hydrogens (tertiary/aromatic N) is 3. The van der Waals surface area contributed by atoms with Crippen molar-refractivity contribution in [1.82, 2.24) is 15.2 Å². The van der Waals surface area contributed by atoms with Crippen LogP contribution in [0.4, 0.5) is 13.2 Å². The van der Waals surface area contributed by atoms with Gasteiger partial charge < -0.3 is 5.11 Å². The Morgan fingerprint density at radius 3 is 2.56 bits per heavy atom. The van der Waals surface area contributed by atoms with Crippen LogP contribution in [0.3, 0.4) is 0 Å². The summed E-state index contributed by atoms with van der Waals surface area (Å²) in [4.78, 5) is 2.14. The van der Waals surface area contributed by atoms with Crippen LogP contribution < -0.4 is 0 Å². The highest BCUT2D eigenvalue weighted by Gasteiger charge is 2.37. The van der Waals surface area contributed by atoms with Crippen molar-refractivity contribution in [2.45, 2.75) is 31.2 Å². The Morgan fingerprint density at radius 1 is 1.07 bits per heavy atom. The van der Waals surface area contributed by atoms with Crippen molar-refractivity contribution in [1.29, 1.82) is 0 Å². The maximum atomic E-state index is 13.0. The third-order valence-electron chi connectivity index (χ3n) is 5.17. The molecule has 4 rings (SSSR count). The fourth-order valence-corrected chi connectivity index (χ4v) is 3.59. The van der Waals surface area contributed by atoms with Crippen LogP contribution in [0, 0.1) is 0 Å². The highest BCUT2D eigenvalue weighted by Crippen LogP contribution is 2.37. The summed E-state index contributed by atoms with van der Waals surface area (Å²) in [6, 6.07) is 10.6. The van der Waals surface area contributed by atoms with Gasteiger partial charge in [0.2, 0.25) is 0 Å². The first-order valence-electron chi connectivity index (χ1n) is 8.68. The molecule has 2 aromatic carbocycles. The zero-order valence-corrected chi connectivity index (χ0v) is 14.4. The summed E-state index contributed by atoms with van der Waals surface area (Å²) in [6.07, 6.45) is -3.69. The van der Waals surface area contributed by atoms with E-state index in [4.69, 9.17) is 4.63 Å². The van der Waals surface area contributed by atoms with Gasteiger partial charge in [0.05, 0.1) is 11.2 Å². The van der Waals surface area contributed by atoms with Gasteiger partial charge >= 0.3 is 6.18 Å². The molecule has 0 atom stereocenters. The van der Waals surface area contributed by atoms with Crippen molar-refractivity contribution in [3.8, 4) is 0 Å². The third kappa shape index (κ3) is 3.54. The molecule has 5 nitrogen and oxygen atoms in total. The second-order valence-electron chi connectivity index (χ2n) is 6.94. The maximum absolute atomic E-state index is 13.0. The van der Waals surface area contributed by atoms with Gasteiger partial charge in [0.25, 0.3) is 0 Å². The summed E-state index contributed by atoms with van der Waals surface area (Å²) < 4.78 is 43.6. The number of hydrogen-bond donors (Lipinski definition) is 1. The number of likely N-dealkylation sites (tertiary alicyclic amines) is 1. The number of piperidine rings is 1. The van der Waals surface area contributed by atoms with Crippen molar-refractivity contribution >= 4 is 11.0 Å². The summed E-state index contributed by atoms with van der Waals surface area (Å²) in [7, 11) is 0. The quantitative estimate of drug-likeness (QED) is 0.754. The van der Waals surface area contributed by atoms with E-state index in [1.54, 1.807) is 6.07 Å². The van der Waals surface area contributed by atoms with Crippen LogP contribution in [-0.4, -0.2) is 33.4 Å². The molecular formula is C19H18F3N3O2. The number of alkyl halides is 3. The van der Waals surface area contributed by atoms with Crippen molar-refractivity contribution in [2.24, 2.45) is 0 Å². The maximum Gasteiger partial charge on any atom is 0.416 e. The van der Waals surface area contributed by atoms with Gasteiger partial charge in [-0.2, -0.15) is 13.2 Å². The molecule has 1 aliphatic heterocycles. The van der Waals surface area contributed by atoms with E-state index in [9.17, 15) is 18.3 Å². The predicted octanol–water partition coefficient (Wildman–Crippen LogP) is 3.73. The summed E-state index contributed by atoms with van der Waals surface area (Å²) in [5.74, 6) is 0. The lowest BCUT2D eigenvalue weighted by Crippen LogP contribution is -2.42. The minimum absolute atomic E-state index is 0.319. The van der Waals surface area contributed by atoms with E-state index >= 15 is 0 Å². The number of rotatable bonds is 3. The van der Waals surface area contributed by atoms with Gasteiger partial charge in [0.15, 0.2) is 0 Å². The van der Waals surface area contributed by atoms with Gasteiger partial charge in [0, 0.05) is 19.6 Å². The van der Waals surface area contributed by atoms with E-state index in [0.29, 0.717) is 49.1 Å². The lowest BCUT2D eigenvalue weighted by atomic mass is 9.83. The Balaban J connectivity index is 1.47. The number of hydrogen-bond acceptors (Lipinski definition) is 5. The van der Waals surface area contributed by atoms with Crippen LogP contribution in [0.25, 0.3) is 11.0 Å². The van der Waals surface area contributed by atoms with Crippen LogP contribution in [0.2, 0.25) is 0 Å². The zero-order chi connectivity index (χ0) is 19.1. The fourth-order valence-electron chi connectivity index (χ4n) is 3.59. The van der Waals surface area contributed by atoms with Crippen molar-refractivity contribution < 1.29 is 22.9 Å². The normalized spacial score (nSPS) is 18.1. The first-order valence-corrected chi connectivity index (χ1v) is 8.68. The Bertz CT molecular complexity index is 947. The van der Waals surface area contributed by atoms with E-state index in [2.05, 4.69) is 15.2 Å². The summed E-state index contributed by atoms with van der Waals surface area (Å²) in [5.41, 5.74) is 0.694. The Labute approximate surface area is 153 Å². The number of aliphatic hydroxyl groups is 1. The van der Waals surface area contributed by atoms with Crippen molar-refractivity contribution in [2.75, 3.05) is 13.1 Å². The summed E-state index contributed by atoms with van der Waals surface area (Å²) in [5, 5.41) is 18.7. The van der Waals surface area contributed by atoms with E-state index < -0.39 is 17.3 Å². The smallest absolute Gasteiger partial charge is 0.385 e. The highest BCUT2D eigenvalue weighted by atomic mass is 19.4. The van der Waals surface area contributed by atoms with E-state index in [1.807, 2.05) is 18.2 Å². The molecule has 27 heavy (non-hydrogen) atoms. The molecular weight excluding hydrogens is 359 g/mol. The molecule has 0 saturated carbocycles. The van der Waals surface area contributed by atoms with Crippen molar-refractivity contribution in [3.63, 3.8) is 0 Å². The molecule has 0 radical (unpaired) electrons. The minimum Gasteiger partial charge on any atom is -0.385 e. The van der Waals surface area contributed by atoms with E-state index in [1.165, 1.54) is 6.07 Å². The summed E-state index contributed by atoms with van der Waals surface area (Å²) >= 11 is 0. The largest absolute Gasteiger partial charge is 0.416 e. The predicted molar refractivity (Wildman–Crippen MR) is 91.7 cm³/mol. The molecule has 0 spiro atoms. The number of fused-ring (bicyclic) bond motifs is 1. The topological polar surface area (TPSA) is 62.4 Å². The molecule has 1 aliphatic rings. The van der Waals surface area contributed by atoms with E-state index in [-0.39, 0.29) is 0 Å².